The Morgan fingerprint density at radius 1 is 1.33 bits per heavy atom. The lowest BCUT2D eigenvalue weighted by atomic mass is 10.0. The van der Waals surface area contributed by atoms with Crippen molar-refractivity contribution >= 4 is 33.9 Å². The summed E-state index contributed by atoms with van der Waals surface area (Å²) >= 11 is 1.27. The molecular formula is C14H9N5OS. The molecule has 1 amide bonds. The number of nitrogens with two attached hydrogens (primary N) is 1. The van der Waals surface area contributed by atoms with Crippen LogP contribution in [-0.4, -0.2) is 16.7 Å². The lowest BCUT2D eigenvalue weighted by Crippen LogP contribution is -2.14. The minimum atomic E-state index is -0.546. The molecule has 1 aromatic heterocycles. The van der Waals surface area contributed by atoms with E-state index in [9.17, 15) is 10.1 Å². The molecule has 0 radical (unpaired) electrons. The average Bonchev–Trinajstić information content (AvgIpc) is 3.10. The molecule has 0 atom stereocenters. The number of amidine groups is 1. The first kappa shape index (κ1) is 13.0. The van der Waals surface area contributed by atoms with Gasteiger partial charge in [0.25, 0.3) is 5.91 Å². The molecular weight excluding hydrogens is 286 g/mol. The Labute approximate surface area is 124 Å². The SMILES string of the molecule is N#C/C(C(=O)Nc1nccs1)=C1\N=C(N)c2ccccc21. The largest absolute Gasteiger partial charge is 0.383 e. The van der Waals surface area contributed by atoms with E-state index < -0.39 is 5.91 Å². The molecule has 0 aliphatic carbocycles. The number of fused-ring (bicyclic) bond motifs is 1. The second kappa shape index (κ2) is 5.19. The summed E-state index contributed by atoms with van der Waals surface area (Å²) in [5.74, 6) is -0.244. The summed E-state index contributed by atoms with van der Waals surface area (Å²) in [7, 11) is 0. The van der Waals surface area contributed by atoms with Crippen LogP contribution in [0.1, 0.15) is 11.1 Å². The molecule has 102 valence electrons. The van der Waals surface area contributed by atoms with Crippen LogP contribution in [0.2, 0.25) is 0 Å². The van der Waals surface area contributed by atoms with E-state index in [1.54, 1.807) is 29.8 Å². The number of amides is 1. The van der Waals surface area contributed by atoms with Gasteiger partial charge in [0.2, 0.25) is 0 Å². The van der Waals surface area contributed by atoms with E-state index in [4.69, 9.17) is 5.73 Å². The molecule has 6 nitrogen and oxygen atoms in total. The van der Waals surface area contributed by atoms with Gasteiger partial charge < -0.3 is 5.73 Å². The zero-order valence-electron chi connectivity index (χ0n) is 10.7. The number of rotatable bonds is 2. The summed E-state index contributed by atoms with van der Waals surface area (Å²) in [6.45, 7) is 0. The lowest BCUT2D eigenvalue weighted by Gasteiger charge is -2.03. The molecule has 0 spiro atoms. The van der Waals surface area contributed by atoms with Crippen LogP contribution in [0.3, 0.4) is 0 Å². The van der Waals surface area contributed by atoms with Crippen molar-refractivity contribution in [1.82, 2.24) is 4.98 Å². The molecule has 3 rings (SSSR count). The third-order valence-electron chi connectivity index (χ3n) is 2.92. The highest BCUT2D eigenvalue weighted by Crippen LogP contribution is 2.30. The van der Waals surface area contributed by atoms with Crippen molar-refractivity contribution in [2.75, 3.05) is 5.32 Å². The number of thiazole rings is 1. The second-order valence-corrected chi connectivity index (χ2v) is 5.06. The number of hydrogen-bond acceptors (Lipinski definition) is 6. The highest BCUT2D eigenvalue weighted by molar-refractivity contribution is 7.13. The molecule has 1 aliphatic rings. The molecule has 0 saturated heterocycles. The number of hydrogen-bond donors (Lipinski definition) is 2. The minimum Gasteiger partial charge on any atom is -0.383 e. The van der Waals surface area contributed by atoms with E-state index in [1.165, 1.54) is 11.3 Å². The first-order valence-electron chi connectivity index (χ1n) is 6.00. The Bertz CT molecular complexity index is 814. The molecule has 2 aromatic rings. The maximum atomic E-state index is 12.2. The second-order valence-electron chi connectivity index (χ2n) is 4.17. The number of anilines is 1. The van der Waals surface area contributed by atoms with Crippen molar-refractivity contribution in [2.45, 2.75) is 0 Å². The Kier molecular flexibility index (Phi) is 3.22. The monoisotopic (exact) mass is 295 g/mol. The average molecular weight is 295 g/mol. The van der Waals surface area contributed by atoms with Crippen LogP contribution in [0.15, 0.2) is 46.4 Å². The van der Waals surface area contributed by atoms with Crippen LogP contribution in [-0.2, 0) is 4.79 Å². The molecule has 21 heavy (non-hydrogen) atoms. The van der Waals surface area contributed by atoms with E-state index in [0.29, 0.717) is 22.2 Å². The highest BCUT2D eigenvalue weighted by Gasteiger charge is 2.24. The lowest BCUT2D eigenvalue weighted by molar-refractivity contribution is -0.112. The van der Waals surface area contributed by atoms with Gasteiger partial charge in [0.05, 0.1) is 5.70 Å². The normalized spacial score (nSPS) is 14.9. The van der Waals surface area contributed by atoms with Gasteiger partial charge >= 0.3 is 0 Å². The fourth-order valence-electron chi connectivity index (χ4n) is 2.00. The van der Waals surface area contributed by atoms with Crippen molar-refractivity contribution in [3.63, 3.8) is 0 Å². The third-order valence-corrected chi connectivity index (χ3v) is 3.61. The Hall–Kier alpha value is -2.98. The number of nitrogens with zero attached hydrogens (tertiary/aromatic N) is 3. The Morgan fingerprint density at radius 3 is 2.76 bits per heavy atom. The maximum Gasteiger partial charge on any atom is 0.270 e. The summed E-state index contributed by atoms with van der Waals surface area (Å²) in [6.07, 6.45) is 1.57. The zero-order valence-corrected chi connectivity index (χ0v) is 11.5. The van der Waals surface area contributed by atoms with Gasteiger partial charge in [0, 0.05) is 22.7 Å². The molecule has 0 saturated carbocycles. The van der Waals surface area contributed by atoms with Crippen molar-refractivity contribution in [2.24, 2.45) is 10.7 Å². The number of carbonyl (C=O) groups excluding carboxylic acids is 1. The standard InChI is InChI=1S/C14H9N5OS/c15-7-10(13(20)19-14-17-5-6-21-14)11-8-3-1-2-4-9(8)12(16)18-11/h1-6H,(H2,16,18)(H,17,19,20)/b11-10+. The Morgan fingerprint density at radius 2 is 2.10 bits per heavy atom. The van der Waals surface area contributed by atoms with Gasteiger partial charge in [-0.3, -0.25) is 10.1 Å². The van der Waals surface area contributed by atoms with Gasteiger partial charge in [0.15, 0.2) is 5.13 Å². The number of aliphatic imine (C=N–C) groups is 1. The fourth-order valence-corrected chi connectivity index (χ4v) is 2.52. The predicted molar refractivity (Wildman–Crippen MR) is 80.4 cm³/mol. The summed E-state index contributed by atoms with van der Waals surface area (Å²) in [5, 5.41) is 14.0. The van der Waals surface area contributed by atoms with Crippen LogP contribution < -0.4 is 11.1 Å². The van der Waals surface area contributed by atoms with Gasteiger partial charge in [-0.25, -0.2) is 9.98 Å². The first-order valence-corrected chi connectivity index (χ1v) is 6.88. The molecule has 3 N–H and O–H groups in total. The number of aromatic nitrogens is 1. The van der Waals surface area contributed by atoms with Gasteiger partial charge in [-0.1, -0.05) is 24.3 Å². The molecule has 1 aliphatic heterocycles. The van der Waals surface area contributed by atoms with Gasteiger partial charge in [0.1, 0.15) is 17.5 Å². The van der Waals surface area contributed by atoms with Crippen LogP contribution >= 0.6 is 11.3 Å². The van der Waals surface area contributed by atoms with Gasteiger partial charge in [-0.05, 0) is 0 Å². The third kappa shape index (κ3) is 2.28. The summed E-state index contributed by atoms with van der Waals surface area (Å²) in [4.78, 5) is 20.3. The summed E-state index contributed by atoms with van der Waals surface area (Å²) < 4.78 is 0. The molecule has 0 unspecified atom stereocenters. The van der Waals surface area contributed by atoms with Gasteiger partial charge in [-0.2, -0.15) is 5.26 Å². The van der Waals surface area contributed by atoms with Crippen LogP contribution in [0.5, 0.6) is 0 Å². The number of benzene rings is 1. The molecule has 7 heteroatoms. The van der Waals surface area contributed by atoms with Crippen LogP contribution in [0.25, 0.3) is 5.70 Å². The van der Waals surface area contributed by atoms with E-state index in [1.807, 2.05) is 12.1 Å². The van der Waals surface area contributed by atoms with Crippen molar-refractivity contribution < 1.29 is 4.79 Å². The van der Waals surface area contributed by atoms with Crippen molar-refractivity contribution in [3.8, 4) is 6.07 Å². The number of nitriles is 1. The topological polar surface area (TPSA) is 104 Å². The first-order chi connectivity index (χ1) is 10.2. The predicted octanol–water partition coefficient (Wildman–Crippen LogP) is 1.74. The smallest absolute Gasteiger partial charge is 0.270 e. The van der Waals surface area contributed by atoms with E-state index in [2.05, 4.69) is 15.3 Å². The van der Waals surface area contributed by atoms with Crippen LogP contribution in [0.4, 0.5) is 5.13 Å². The molecule has 0 fully saturated rings. The molecule has 1 aromatic carbocycles. The minimum absolute atomic E-state index is 0.0851. The maximum absolute atomic E-state index is 12.2. The van der Waals surface area contributed by atoms with E-state index in [-0.39, 0.29) is 5.57 Å². The number of carbonyl (C=O) groups is 1. The molecule has 0 bridgehead atoms. The van der Waals surface area contributed by atoms with Crippen molar-refractivity contribution in [3.05, 3.63) is 52.5 Å². The summed E-state index contributed by atoms with van der Waals surface area (Å²) in [5.41, 5.74) is 7.44. The quantitative estimate of drug-likeness (QED) is 0.650. The number of nitrogens with one attached hydrogen (secondary N) is 1. The van der Waals surface area contributed by atoms with Crippen LogP contribution in [0, 0.1) is 11.3 Å². The summed E-state index contributed by atoms with van der Waals surface area (Å²) in [6, 6.07) is 9.11. The highest BCUT2D eigenvalue weighted by atomic mass is 32.1. The molecule has 2 heterocycles. The van der Waals surface area contributed by atoms with Crippen molar-refractivity contribution in [1.29, 1.82) is 5.26 Å². The van der Waals surface area contributed by atoms with Gasteiger partial charge in [-0.15, -0.1) is 11.3 Å². The van der Waals surface area contributed by atoms with E-state index >= 15 is 0 Å². The Balaban J connectivity index is 2.04. The fraction of sp³-hybridized carbons (Fsp3) is 0. The zero-order chi connectivity index (χ0) is 14.8. The van der Waals surface area contributed by atoms with E-state index in [0.717, 1.165) is 5.56 Å².